The first-order chi connectivity index (χ1) is 20.1. The number of imidazole rings is 1. The van der Waals surface area contributed by atoms with E-state index in [1.54, 1.807) is 0 Å². The van der Waals surface area contributed by atoms with Crippen molar-refractivity contribution in [3.63, 3.8) is 0 Å². The SMILES string of the molecule is Cc1nc2ccc(-c3ccc4c(c3)CN(C(=O)N3CCN(c5ccccc5)CC3c3ccccc3)CCO4)cc2[nH]1. The lowest BCUT2D eigenvalue weighted by Gasteiger charge is -2.44. The fourth-order valence-corrected chi connectivity index (χ4v) is 6.08. The number of rotatable bonds is 3. The Labute approximate surface area is 240 Å². The average molecular weight is 544 g/mol. The van der Waals surface area contributed by atoms with Gasteiger partial charge in [-0.1, -0.05) is 60.7 Å². The number of fused-ring (bicyclic) bond motifs is 2. The normalized spacial score (nSPS) is 17.2. The second-order valence-corrected chi connectivity index (χ2v) is 10.8. The summed E-state index contributed by atoms with van der Waals surface area (Å²) in [5, 5.41) is 0. The van der Waals surface area contributed by atoms with E-state index in [4.69, 9.17) is 4.74 Å². The first kappa shape index (κ1) is 25.2. The number of urea groups is 1. The number of piperazine rings is 1. The number of anilines is 1. The number of ether oxygens (including phenoxy) is 1. The zero-order chi connectivity index (χ0) is 27.8. The molecule has 1 unspecified atom stereocenters. The summed E-state index contributed by atoms with van der Waals surface area (Å²) in [4.78, 5) is 28.5. The quantitative estimate of drug-likeness (QED) is 0.285. The Morgan fingerprint density at radius 3 is 2.46 bits per heavy atom. The van der Waals surface area contributed by atoms with Crippen molar-refractivity contribution in [2.75, 3.05) is 37.7 Å². The molecular formula is C34H33N5O2. The summed E-state index contributed by atoms with van der Waals surface area (Å²) >= 11 is 0. The summed E-state index contributed by atoms with van der Waals surface area (Å²) in [6.45, 7) is 5.68. The Bertz CT molecular complexity index is 1680. The van der Waals surface area contributed by atoms with E-state index in [1.807, 2.05) is 36.1 Å². The first-order valence-electron chi connectivity index (χ1n) is 14.3. The number of nitrogens with one attached hydrogen (secondary N) is 1. The molecule has 5 aromatic rings. The van der Waals surface area contributed by atoms with Crippen molar-refractivity contribution >= 4 is 22.8 Å². The van der Waals surface area contributed by atoms with Gasteiger partial charge in [0.2, 0.25) is 0 Å². The highest BCUT2D eigenvalue weighted by Gasteiger charge is 2.35. The Morgan fingerprint density at radius 2 is 1.63 bits per heavy atom. The van der Waals surface area contributed by atoms with E-state index in [0.717, 1.165) is 58.0 Å². The zero-order valence-electron chi connectivity index (χ0n) is 23.2. The molecule has 0 bridgehead atoms. The van der Waals surface area contributed by atoms with Crippen LogP contribution >= 0.6 is 0 Å². The third-order valence-corrected chi connectivity index (χ3v) is 8.18. The highest BCUT2D eigenvalue weighted by atomic mass is 16.5. The Hall–Kier alpha value is -4.78. The minimum Gasteiger partial charge on any atom is -0.491 e. The van der Waals surface area contributed by atoms with E-state index >= 15 is 0 Å². The molecule has 2 amide bonds. The molecule has 2 aliphatic rings. The summed E-state index contributed by atoms with van der Waals surface area (Å²) < 4.78 is 6.13. The van der Waals surface area contributed by atoms with Crippen molar-refractivity contribution in [1.29, 1.82) is 0 Å². The van der Waals surface area contributed by atoms with Gasteiger partial charge in [-0.25, -0.2) is 9.78 Å². The zero-order valence-corrected chi connectivity index (χ0v) is 23.2. The predicted molar refractivity (Wildman–Crippen MR) is 162 cm³/mol. The van der Waals surface area contributed by atoms with Gasteiger partial charge in [0, 0.05) is 30.9 Å². The number of H-pyrrole nitrogens is 1. The fraction of sp³-hybridized carbons (Fsp3) is 0.235. The molecule has 7 heteroatoms. The van der Waals surface area contributed by atoms with Crippen molar-refractivity contribution in [3.8, 4) is 16.9 Å². The van der Waals surface area contributed by atoms with E-state index in [1.165, 1.54) is 5.69 Å². The van der Waals surface area contributed by atoms with Gasteiger partial charge in [0.1, 0.15) is 18.2 Å². The van der Waals surface area contributed by atoms with Gasteiger partial charge in [-0.05, 0) is 60.0 Å². The molecule has 2 aliphatic heterocycles. The maximum Gasteiger partial charge on any atom is 0.321 e. The fourth-order valence-electron chi connectivity index (χ4n) is 6.08. The molecule has 3 heterocycles. The average Bonchev–Trinajstić information content (AvgIpc) is 3.26. The van der Waals surface area contributed by atoms with Crippen molar-refractivity contribution in [2.24, 2.45) is 0 Å². The molecule has 1 aromatic heterocycles. The van der Waals surface area contributed by atoms with Crippen LogP contribution in [0.15, 0.2) is 97.1 Å². The lowest BCUT2D eigenvalue weighted by atomic mass is 10.0. The largest absolute Gasteiger partial charge is 0.491 e. The summed E-state index contributed by atoms with van der Waals surface area (Å²) in [7, 11) is 0. The molecule has 4 aromatic carbocycles. The number of carbonyl (C=O) groups is 1. The minimum absolute atomic E-state index is 0.0442. The number of para-hydroxylation sites is 1. The topological polar surface area (TPSA) is 64.7 Å². The minimum atomic E-state index is -0.0442. The van der Waals surface area contributed by atoms with Crippen molar-refractivity contribution in [1.82, 2.24) is 19.8 Å². The van der Waals surface area contributed by atoms with Crippen LogP contribution < -0.4 is 9.64 Å². The van der Waals surface area contributed by atoms with Crippen LogP contribution in [-0.4, -0.2) is 58.6 Å². The van der Waals surface area contributed by atoms with Crippen LogP contribution in [0.2, 0.25) is 0 Å². The van der Waals surface area contributed by atoms with Gasteiger partial charge in [0.15, 0.2) is 0 Å². The monoisotopic (exact) mass is 543 g/mol. The molecular weight excluding hydrogens is 510 g/mol. The lowest BCUT2D eigenvalue weighted by molar-refractivity contribution is 0.121. The molecule has 1 N–H and O–H groups in total. The van der Waals surface area contributed by atoms with E-state index in [2.05, 4.69) is 92.6 Å². The molecule has 1 atom stereocenters. The molecule has 7 rings (SSSR count). The number of carbonyl (C=O) groups excluding carboxylic acids is 1. The van der Waals surface area contributed by atoms with Gasteiger partial charge in [-0.2, -0.15) is 0 Å². The summed E-state index contributed by atoms with van der Waals surface area (Å²) in [6.07, 6.45) is 0. The highest BCUT2D eigenvalue weighted by Crippen LogP contribution is 2.33. The van der Waals surface area contributed by atoms with Gasteiger partial charge >= 0.3 is 6.03 Å². The molecule has 41 heavy (non-hydrogen) atoms. The summed E-state index contributed by atoms with van der Waals surface area (Å²) in [5.74, 6) is 1.75. The molecule has 0 saturated carbocycles. The van der Waals surface area contributed by atoms with Gasteiger partial charge in [0.05, 0.1) is 30.2 Å². The number of hydrogen-bond donors (Lipinski definition) is 1. The van der Waals surface area contributed by atoms with Crippen molar-refractivity contribution in [2.45, 2.75) is 19.5 Å². The maximum absolute atomic E-state index is 14.2. The second-order valence-electron chi connectivity index (χ2n) is 10.8. The van der Waals surface area contributed by atoms with E-state index in [-0.39, 0.29) is 12.1 Å². The van der Waals surface area contributed by atoms with Crippen molar-refractivity contribution < 1.29 is 9.53 Å². The molecule has 0 aliphatic carbocycles. The van der Waals surface area contributed by atoms with Crippen LogP contribution in [-0.2, 0) is 6.54 Å². The highest BCUT2D eigenvalue weighted by molar-refractivity contribution is 5.82. The van der Waals surface area contributed by atoms with Crippen LogP contribution in [0.25, 0.3) is 22.2 Å². The second kappa shape index (κ2) is 10.7. The Kier molecular flexibility index (Phi) is 6.55. The molecule has 1 saturated heterocycles. The summed E-state index contributed by atoms with van der Waals surface area (Å²) in [6, 6.07) is 33.4. The maximum atomic E-state index is 14.2. The molecule has 0 spiro atoms. The standard InChI is InChI=1S/C34H33N5O2/c1-24-35-30-14-12-27(21-31(30)36-24)26-13-15-33-28(20-26)22-38(18-19-41-33)34(40)39-17-16-37(29-10-6-3-7-11-29)23-32(39)25-8-4-2-5-9-25/h2-15,20-21,32H,16-19,22-23H2,1H3,(H,35,36). The van der Waals surface area contributed by atoms with Crippen LogP contribution in [0, 0.1) is 6.92 Å². The van der Waals surface area contributed by atoms with Gasteiger partial charge in [0.25, 0.3) is 0 Å². The molecule has 0 radical (unpaired) electrons. The van der Waals surface area contributed by atoms with E-state index < -0.39 is 0 Å². The smallest absolute Gasteiger partial charge is 0.321 e. The lowest BCUT2D eigenvalue weighted by Crippen LogP contribution is -2.54. The van der Waals surface area contributed by atoms with Gasteiger partial charge in [-0.3, -0.25) is 0 Å². The van der Waals surface area contributed by atoms with E-state index in [9.17, 15) is 4.79 Å². The number of aryl methyl sites for hydroxylation is 1. The van der Waals surface area contributed by atoms with Crippen LogP contribution in [0.1, 0.15) is 23.0 Å². The number of amides is 2. The third-order valence-electron chi connectivity index (χ3n) is 8.18. The number of benzene rings is 4. The third kappa shape index (κ3) is 4.99. The van der Waals surface area contributed by atoms with Crippen LogP contribution in [0.4, 0.5) is 10.5 Å². The molecule has 206 valence electrons. The Balaban J connectivity index is 1.16. The van der Waals surface area contributed by atoms with Gasteiger partial charge in [-0.15, -0.1) is 0 Å². The summed E-state index contributed by atoms with van der Waals surface area (Å²) in [5.41, 5.74) is 7.54. The molecule has 1 fully saturated rings. The molecule has 7 nitrogen and oxygen atoms in total. The number of aromatic amines is 1. The first-order valence-corrected chi connectivity index (χ1v) is 14.3. The van der Waals surface area contributed by atoms with Crippen LogP contribution in [0.5, 0.6) is 5.75 Å². The van der Waals surface area contributed by atoms with Crippen molar-refractivity contribution in [3.05, 3.63) is 114 Å². The van der Waals surface area contributed by atoms with E-state index in [0.29, 0.717) is 26.2 Å². The number of aromatic nitrogens is 2. The Morgan fingerprint density at radius 1 is 0.878 bits per heavy atom. The number of nitrogens with zero attached hydrogens (tertiary/aromatic N) is 4. The predicted octanol–water partition coefficient (Wildman–Crippen LogP) is 6.42. The van der Waals surface area contributed by atoms with Crippen LogP contribution in [0.3, 0.4) is 0 Å². The number of hydrogen-bond acceptors (Lipinski definition) is 4. The van der Waals surface area contributed by atoms with Gasteiger partial charge < -0.3 is 24.4 Å².